The highest BCUT2D eigenvalue weighted by Gasteiger charge is 2.20. The highest BCUT2D eigenvalue weighted by Crippen LogP contribution is 2.28. The summed E-state index contributed by atoms with van der Waals surface area (Å²) in [5, 5.41) is 28.1. The van der Waals surface area contributed by atoms with Gasteiger partial charge in [-0.1, -0.05) is 31.2 Å². The number of carbonyl (C=O) groups is 1. The summed E-state index contributed by atoms with van der Waals surface area (Å²) in [5.74, 6) is 1.34. The van der Waals surface area contributed by atoms with Crippen LogP contribution in [0.25, 0.3) is 0 Å². The van der Waals surface area contributed by atoms with E-state index in [-0.39, 0.29) is 12.3 Å². The van der Waals surface area contributed by atoms with Crippen LogP contribution in [0.4, 0.5) is 11.6 Å². The van der Waals surface area contributed by atoms with Crippen molar-refractivity contribution in [1.82, 2.24) is 15.4 Å². The van der Waals surface area contributed by atoms with Crippen LogP contribution in [-0.4, -0.2) is 47.9 Å². The van der Waals surface area contributed by atoms with Crippen LogP contribution in [0.15, 0.2) is 24.3 Å². The lowest BCUT2D eigenvalue weighted by Crippen LogP contribution is -2.18. The predicted molar refractivity (Wildman–Crippen MR) is 120 cm³/mol. The first-order valence-corrected chi connectivity index (χ1v) is 10.2. The Hall–Kier alpha value is -3.07. The van der Waals surface area contributed by atoms with Gasteiger partial charge in [0.1, 0.15) is 0 Å². The van der Waals surface area contributed by atoms with Crippen LogP contribution in [-0.2, 0) is 17.6 Å². The average Bonchev–Trinajstić information content (AvgIpc) is 3.13. The maximum atomic E-state index is 11.2. The quantitative estimate of drug-likeness (QED) is 0.180. The van der Waals surface area contributed by atoms with Gasteiger partial charge in [0, 0.05) is 44.8 Å². The van der Waals surface area contributed by atoms with Crippen LogP contribution in [0.3, 0.4) is 0 Å². The number of nitrogens with zero attached hydrogens (tertiary/aromatic N) is 2. The molecule has 9 nitrogen and oxygen atoms in total. The SMILES string of the molecule is CC[C@@H](C(=N)CCc1c(NC)nn(NC)c1NC)c1ccc(CCC(=O)NO)cc1. The lowest BCUT2D eigenvalue weighted by atomic mass is 9.88. The third-order valence-corrected chi connectivity index (χ3v) is 5.29. The Kier molecular flexibility index (Phi) is 8.67. The van der Waals surface area contributed by atoms with Crippen molar-refractivity contribution < 1.29 is 10.0 Å². The van der Waals surface area contributed by atoms with Crippen LogP contribution in [0, 0.1) is 5.41 Å². The molecule has 0 spiro atoms. The van der Waals surface area contributed by atoms with Crippen LogP contribution in [0.1, 0.15) is 48.8 Å². The van der Waals surface area contributed by atoms with Gasteiger partial charge in [-0.25, -0.2) is 5.48 Å². The first kappa shape index (κ1) is 23.2. The van der Waals surface area contributed by atoms with Gasteiger partial charge in [-0.3, -0.25) is 10.0 Å². The van der Waals surface area contributed by atoms with Gasteiger partial charge in [0.05, 0.1) is 0 Å². The molecule has 1 aromatic carbocycles. The fraction of sp³-hybridized carbons (Fsp3) is 0.476. The molecule has 1 heterocycles. The van der Waals surface area contributed by atoms with E-state index in [0.29, 0.717) is 25.0 Å². The Labute approximate surface area is 177 Å². The third kappa shape index (κ3) is 5.50. The third-order valence-electron chi connectivity index (χ3n) is 5.29. The minimum Gasteiger partial charge on any atom is -0.371 e. The maximum Gasteiger partial charge on any atom is 0.243 e. The van der Waals surface area contributed by atoms with E-state index >= 15 is 0 Å². The predicted octanol–water partition coefficient (Wildman–Crippen LogP) is 2.72. The van der Waals surface area contributed by atoms with Gasteiger partial charge >= 0.3 is 0 Å². The number of hydroxylamine groups is 1. The van der Waals surface area contributed by atoms with Crippen molar-refractivity contribution >= 4 is 23.3 Å². The molecule has 1 atom stereocenters. The molecule has 2 rings (SSSR count). The Morgan fingerprint density at radius 2 is 1.83 bits per heavy atom. The zero-order chi connectivity index (χ0) is 22.1. The Morgan fingerprint density at radius 3 is 2.37 bits per heavy atom. The lowest BCUT2D eigenvalue weighted by molar-refractivity contribution is -0.129. The lowest BCUT2D eigenvalue weighted by Gasteiger charge is -2.18. The highest BCUT2D eigenvalue weighted by atomic mass is 16.5. The van der Waals surface area contributed by atoms with Crippen molar-refractivity contribution in [3.05, 3.63) is 41.0 Å². The zero-order valence-corrected chi connectivity index (χ0v) is 18.2. The summed E-state index contributed by atoms with van der Waals surface area (Å²) >= 11 is 0. The van der Waals surface area contributed by atoms with Crippen molar-refractivity contribution in [1.29, 1.82) is 5.41 Å². The van der Waals surface area contributed by atoms with Gasteiger partial charge in [-0.15, -0.1) is 5.10 Å². The molecule has 0 aliphatic rings. The van der Waals surface area contributed by atoms with Crippen LogP contribution < -0.4 is 21.5 Å². The number of aromatic nitrogens is 2. The van der Waals surface area contributed by atoms with E-state index in [9.17, 15) is 4.79 Å². The molecule has 0 aliphatic carbocycles. The Bertz CT molecular complexity index is 846. The molecule has 0 fully saturated rings. The van der Waals surface area contributed by atoms with E-state index in [1.54, 1.807) is 10.3 Å². The molecule has 0 saturated heterocycles. The number of hydrogen-bond donors (Lipinski definition) is 6. The molecule has 0 aliphatic heterocycles. The van der Waals surface area contributed by atoms with Crippen LogP contribution >= 0.6 is 0 Å². The van der Waals surface area contributed by atoms with E-state index in [4.69, 9.17) is 10.6 Å². The number of rotatable bonds is 12. The number of nitrogens with one attached hydrogen (secondary N) is 5. The molecule has 6 N–H and O–H groups in total. The average molecular weight is 416 g/mol. The molecule has 30 heavy (non-hydrogen) atoms. The summed E-state index contributed by atoms with van der Waals surface area (Å²) in [6, 6.07) is 8.05. The molecule has 0 bridgehead atoms. The molecule has 1 amide bonds. The van der Waals surface area contributed by atoms with Gasteiger partial charge in [0.15, 0.2) is 11.6 Å². The summed E-state index contributed by atoms with van der Waals surface area (Å²) in [6.45, 7) is 2.09. The highest BCUT2D eigenvalue weighted by molar-refractivity contribution is 5.88. The summed E-state index contributed by atoms with van der Waals surface area (Å²) < 4.78 is 0. The smallest absolute Gasteiger partial charge is 0.243 e. The van der Waals surface area contributed by atoms with Crippen molar-refractivity contribution in [3.8, 4) is 0 Å². The summed E-state index contributed by atoms with van der Waals surface area (Å²) in [5.41, 5.74) is 8.54. The maximum absolute atomic E-state index is 11.2. The number of anilines is 2. The molecule has 1 aromatic heterocycles. The van der Waals surface area contributed by atoms with E-state index in [1.165, 1.54) is 0 Å². The van der Waals surface area contributed by atoms with Crippen molar-refractivity contribution in [3.63, 3.8) is 0 Å². The zero-order valence-electron chi connectivity index (χ0n) is 18.2. The monoisotopic (exact) mass is 415 g/mol. The Morgan fingerprint density at radius 1 is 1.13 bits per heavy atom. The van der Waals surface area contributed by atoms with Crippen LogP contribution in [0.5, 0.6) is 0 Å². The minimum absolute atomic E-state index is 0.0511. The van der Waals surface area contributed by atoms with Gasteiger partial charge in [0.25, 0.3) is 0 Å². The van der Waals surface area contributed by atoms with Crippen LogP contribution in [0.2, 0.25) is 0 Å². The fourth-order valence-corrected chi connectivity index (χ4v) is 3.65. The second-order valence-corrected chi connectivity index (χ2v) is 7.07. The normalized spacial score (nSPS) is 11.6. The first-order valence-electron chi connectivity index (χ1n) is 10.2. The first-order chi connectivity index (χ1) is 14.5. The number of hydrogen-bond acceptors (Lipinski definition) is 7. The molecule has 2 aromatic rings. The van der Waals surface area contributed by atoms with Crippen molar-refractivity contribution in [2.45, 2.75) is 44.9 Å². The Balaban J connectivity index is 2.07. The van der Waals surface area contributed by atoms with Crippen molar-refractivity contribution in [2.24, 2.45) is 0 Å². The van der Waals surface area contributed by atoms with E-state index < -0.39 is 5.91 Å². The number of carbonyl (C=O) groups excluding carboxylic acids is 1. The van der Waals surface area contributed by atoms with E-state index in [1.807, 2.05) is 45.4 Å². The molecule has 0 unspecified atom stereocenters. The minimum atomic E-state index is -0.393. The number of benzene rings is 1. The molecule has 9 heteroatoms. The molecular formula is C21H33N7O2. The fourth-order valence-electron chi connectivity index (χ4n) is 3.65. The van der Waals surface area contributed by atoms with E-state index in [0.717, 1.165) is 34.7 Å². The molecular weight excluding hydrogens is 382 g/mol. The number of aryl methyl sites for hydroxylation is 1. The van der Waals surface area contributed by atoms with Gasteiger partial charge in [-0.2, -0.15) is 4.79 Å². The molecule has 164 valence electrons. The molecule has 0 saturated carbocycles. The van der Waals surface area contributed by atoms with Gasteiger partial charge in [-0.05, 0) is 36.8 Å². The largest absolute Gasteiger partial charge is 0.371 e. The standard InChI is InChI=1S/C21H33N7O2/c1-5-16(15-9-6-14(7-10-15)8-13-19(29)27-30)18(22)12-11-17-20(23-2)26-28(25-4)21(17)24-3/h6-7,9-10,16,22,24-25,30H,5,8,11-13H2,1-4H3,(H,23,26)(H,27,29)/t16-/m1/s1. The number of amides is 1. The summed E-state index contributed by atoms with van der Waals surface area (Å²) in [6.07, 6.45) is 2.99. The molecule has 0 radical (unpaired) electrons. The second-order valence-electron chi connectivity index (χ2n) is 7.07. The second kappa shape index (κ2) is 11.2. The van der Waals surface area contributed by atoms with Crippen molar-refractivity contribution in [2.75, 3.05) is 37.2 Å². The van der Waals surface area contributed by atoms with Gasteiger partial charge < -0.3 is 21.5 Å². The van der Waals surface area contributed by atoms with Gasteiger partial charge in [0.2, 0.25) is 5.91 Å². The summed E-state index contributed by atoms with van der Waals surface area (Å²) in [7, 11) is 5.52. The topological polar surface area (TPSA) is 127 Å². The summed E-state index contributed by atoms with van der Waals surface area (Å²) in [4.78, 5) is 12.9. The van der Waals surface area contributed by atoms with E-state index in [2.05, 4.69) is 28.1 Å².